The van der Waals surface area contributed by atoms with Crippen LogP contribution in [0.5, 0.6) is 0 Å². The summed E-state index contributed by atoms with van der Waals surface area (Å²) in [7, 11) is 0. The molecule has 2 aromatic carbocycles. The summed E-state index contributed by atoms with van der Waals surface area (Å²) in [4.78, 5) is 1.35. The minimum Gasteiger partial charge on any atom is -0.126 e. The zero-order valence-corrected chi connectivity index (χ0v) is 14.5. The maximum Gasteiger partial charge on any atom is 0.0210 e. The fraction of sp³-hybridized carbons (Fsp3) is 0.250. The van der Waals surface area contributed by atoms with Crippen LogP contribution >= 0.6 is 43.6 Å². The van der Waals surface area contributed by atoms with Crippen LogP contribution in [0.2, 0.25) is 0 Å². The predicted octanol–water partition coefficient (Wildman–Crippen LogP) is 6.11. The van der Waals surface area contributed by atoms with E-state index >= 15 is 0 Å². The van der Waals surface area contributed by atoms with Crippen molar-refractivity contribution in [2.24, 2.45) is 0 Å². The highest BCUT2D eigenvalue weighted by Gasteiger charge is 2.12. The minimum absolute atomic E-state index is 0.562. The number of rotatable bonds is 6. The topological polar surface area (TPSA) is 0 Å². The standard InChI is InChI=1S/C16H16Br2S/c17-12-13(15-8-4-5-9-16(15)18)10-11-19-14-6-2-1-3-7-14/h1-9,13H,10-12H2. The molecule has 0 fully saturated rings. The fourth-order valence-corrected chi connectivity index (χ4v) is 4.23. The van der Waals surface area contributed by atoms with E-state index in [1.807, 2.05) is 11.8 Å². The van der Waals surface area contributed by atoms with Gasteiger partial charge >= 0.3 is 0 Å². The van der Waals surface area contributed by atoms with Crippen LogP contribution in [0.1, 0.15) is 17.9 Å². The van der Waals surface area contributed by atoms with E-state index in [-0.39, 0.29) is 0 Å². The third-order valence-electron chi connectivity index (χ3n) is 3.01. The van der Waals surface area contributed by atoms with Gasteiger partial charge in [-0.1, -0.05) is 68.3 Å². The van der Waals surface area contributed by atoms with Gasteiger partial charge in [0.1, 0.15) is 0 Å². The van der Waals surface area contributed by atoms with Crippen LogP contribution in [0.15, 0.2) is 64.0 Å². The van der Waals surface area contributed by atoms with Gasteiger partial charge in [-0.3, -0.25) is 0 Å². The SMILES string of the molecule is BrCC(CCSc1ccccc1)c1ccccc1Br. The smallest absolute Gasteiger partial charge is 0.0210 e. The third-order valence-corrected chi connectivity index (χ3v) is 5.56. The summed E-state index contributed by atoms with van der Waals surface area (Å²) in [5.74, 6) is 1.70. The van der Waals surface area contributed by atoms with Crippen molar-refractivity contribution in [3.63, 3.8) is 0 Å². The Morgan fingerprint density at radius 1 is 0.947 bits per heavy atom. The molecule has 0 saturated carbocycles. The third kappa shape index (κ3) is 4.66. The summed E-state index contributed by atoms with van der Waals surface area (Å²) in [6.07, 6.45) is 1.17. The molecule has 0 aromatic heterocycles. The molecule has 0 spiro atoms. The van der Waals surface area contributed by atoms with Crippen molar-refractivity contribution in [2.75, 3.05) is 11.1 Å². The number of thioether (sulfide) groups is 1. The molecule has 0 heterocycles. The first-order chi connectivity index (χ1) is 9.31. The van der Waals surface area contributed by atoms with Gasteiger partial charge in [-0.25, -0.2) is 0 Å². The number of hydrogen-bond acceptors (Lipinski definition) is 1. The average molecular weight is 400 g/mol. The second-order valence-corrected chi connectivity index (χ2v) is 6.99. The van der Waals surface area contributed by atoms with Crippen molar-refractivity contribution < 1.29 is 0 Å². The molecule has 2 rings (SSSR count). The highest BCUT2D eigenvalue weighted by atomic mass is 79.9. The number of benzene rings is 2. The summed E-state index contributed by atoms with van der Waals surface area (Å²) in [5, 5.41) is 1.00. The molecule has 0 aliphatic heterocycles. The van der Waals surface area contributed by atoms with Crippen LogP contribution in [-0.2, 0) is 0 Å². The Kier molecular flexibility index (Phi) is 6.48. The lowest BCUT2D eigenvalue weighted by Gasteiger charge is -2.16. The van der Waals surface area contributed by atoms with Crippen LogP contribution < -0.4 is 0 Å². The van der Waals surface area contributed by atoms with Gasteiger partial charge in [-0.15, -0.1) is 11.8 Å². The van der Waals surface area contributed by atoms with Gasteiger partial charge in [0.05, 0.1) is 0 Å². The van der Waals surface area contributed by atoms with Gasteiger partial charge < -0.3 is 0 Å². The highest BCUT2D eigenvalue weighted by Crippen LogP contribution is 2.31. The highest BCUT2D eigenvalue weighted by molar-refractivity contribution is 9.10. The molecule has 0 aliphatic carbocycles. The normalized spacial score (nSPS) is 12.3. The number of halogens is 2. The molecule has 100 valence electrons. The van der Waals surface area contributed by atoms with Crippen molar-refractivity contribution in [1.29, 1.82) is 0 Å². The second-order valence-electron chi connectivity index (χ2n) is 4.32. The maximum atomic E-state index is 3.65. The molecule has 0 nitrogen and oxygen atoms in total. The van der Waals surface area contributed by atoms with E-state index in [9.17, 15) is 0 Å². The maximum absolute atomic E-state index is 3.65. The van der Waals surface area contributed by atoms with E-state index in [2.05, 4.69) is 86.5 Å². The van der Waals surface area contributed by atoms with E-state index in [0.29, 0.717) is 5.92 Å². The van der Waals surface area contributed by atoms with Crippen LogP contribution in [0.25, 0.3) is 0 Å². The van der Waals surface area contributed by atoms with Gasteiger partial charge in [-0.05, 0) is 41.9 Å². The Balaban J connectivity index is 1.92. The van der Waals surface area contributed by atoms with Gasteiger partial charge in [0.15, 0.2) is 0 Å². The van der Waals surface area contributed by atoms with E-state index in [0.717, 1.165) is 11.1 Å². The van der Waals surface area contributed by atoms with Crippen molar-refractivity contribution in [3.05, 3.63) is 64.6 Å². The zero-order valence-electron chi connectivity index (χ0n) is 10.6. The Bertz CT molecular complexity index is 499. The lowest BCUT2D eigenvalue weighted by Crippen LogP contribution is -2.02. The van der Waals surface area contributed by atoms with E-state index in [1.165, 1.54) is 21.4 Å². The first kappa shape index (κ1) is 15.1. The lowest BCUT2D eigenvalue weighted by atomic mass is 9.99. The van der Waals surface area contributed by atoms with Crippen LogP contribution in [0, 0.1) is 0 Å². The van der Waals surface area contributed by atoms with Gasteiger partial charge in [0.2, 0.25) is 0 Å². The summed E-state index contributed by atoms with van der Waals surface area (Å²) in [5.41, 5.74) is 1.40. The van der Waals surface area contributed by atoms with E-state index in [4.69, 9.17) is 0 Å². The molecular weight excluding hydrogens is 384 g/mol. The summed E-state index contributed by atoms with van der Waals surface area (Å²) in [6, 6.07) is 19.1. The quantitative estimate of drug-likeness (QED) is 0.417. The van der Waals surface area contributed by atoms with Crippen molar-refractivity contribution in [3.8, 4) is 0 Å². The van der Waals surface area contributed by atoms with Crippen LogP contribution in [-0.4, -0.2) is 11.1 Å². The van der Waals surface area contributed by atoms with Crippen molar-refractivity contribution in [2.45, 2.75) is 17.2 Å². The molecule has 0 radical (unpaired) electrons. The largest absolute Gasteiger partial charge is 0.126 e. The van der Waals surface area contributed by atoms with E-state index in [1.54, 1.807) is 0 Å². The molecule has 2 aromatic rings. The summed E-state index contributed by atoms with van der Waals surface area (Å²) >= 11 is 9.22. The van der Waals surface area contributed by atoms with Crippen molar-refractivity contribution in [1.82, 2.24) is 0 Å². The van der Waals surface area contributed by atoms with Gasteiger partial charge in [0, 0.05) is 14.7 Å². The Labute approximate surface area is 136 Å². The second kappa shape index (κ2) is 8.13. The molecule has 1 unspecified atom stereocenters. The first-order valence-electron chi connectivity index (χ1n) is 6.29. The molecule has 0 aliphatic rings. The first-order valence-corrected chi connectivity index (χ1v) is 9.19. The fourth-order valence-electron chi connectivity index (χ4n) is 1.96. The Hall–Kier alpha value is -0.250. The average Bonchev–Trinajstić information content (AvgIpc) is 2.46. The molecule has 19 heavy (non-hydrogen) atoms. The zero-order chi connectivity index (χ0) is 13.5. The minimum atomic E-state index is 0.562. The van der Waals surface area contributed by atoms with Gasteiger partial charge in [0.25, 0.3) is 0 Å². The predicted molar refractivity (Wildman–Crippen MR) is 92.5 cm³/mol. The Morgan fingerprint density at radius 3 is 2.32 bits per heavy atom. The van der Waals surface area contributed by atoms with Crippen LogP contribution in [0.4, 0.5) is 0 Å². The monoisotopic (exact) mass is 398 g/mol. The summed E-state index contributed by atoms with van der Waals surface area (Å²) in [6.45, 7) is 0. The summed E-state index contributed by atoms with van der Waals surface area (Å²) < 4.78 is 1.21. The molecule has 3 heteroatoms. The lowest BCUT2D eigenvalue weighted by molar-refractivity contribution is 0.753. The van der Waals surface area contributed by atoms with Gasteiger partial charge in [-0.2, -0.15) is 0 Å². The number of alkyl halides is 1. The van der Waals surface area contributed by atoms with E-state index < -0.39 is 0 Å². The van der Waals surface area contributed by atoms with Crippen molar-refractivity contribution >= 4 is 43.6 Å². The number of hydrogen-bond donors (Lipinski definition) is 0. The molecular formula is C16H16Br2S. The van der Waals surface area contributed by atoms with Crippen LogP contribution in [0.3, 0.4) is 0 Å². The molecule has 0 amide bonds. The molecule has 1 atom stereocenters. The molecule has 0 saturated heterocycles. The molecule has 0 bridgehead atoms. The Morgan fingerprint density at radius 2 is 1.63 bits per heavy atom. The molecule has 0 N–H and O–H groups in total.